The molecule has 7 nitrogen and oxygen atoms in total. The van der Waals surface area contributed by atoms with Gasteiger partial charge in [0.1, 0.15) is 6.67 Å². The normalized spacial score (nSPS) is 16.5. The van der Waals surface area contributed by atoms with Gasteiger partial charge < -0.3 is 4.90 Å². The number of benzene rings is 4. The highest BCUT2D eigenvalue weighted by Gasteiger charge is 2.36. The Morgan fingerprint density at radius 3 is 1.81 bits per heavy atom. The van der Waals surface area contributed by atoms with Crippen molar-refractivity contribution in [2.24, 2.45) is 0 Å². The molecule has 0 aromatic heterocycles. The van der Waals surface area contributed by atoms with Crippen LogP contribution in [-0.2, 0) is 20.0 Å². The van der Waals surface area contributed by atoms with E-state index in [1.807, 2.05) is 41.3 Å². The Balaban J connectivity index is 1.43. The van der Waals surface area contributed by atoms with Crippen molar-refractivity contribution in [3.8, 4) is 0 Å². The number of halogens is 1. The summed E-state index contributed by atoms with van der Waals surface area (Å²) in [6.07, 6.45) is 1.75. The molecule has 2 aliphatic rings. The molecule has 0 unspecified atom stereocenters. The first-order chi connectivity index (χ1) is 17.7. The van der Waals surface area contributed by atoms with Crippen molar-refractivity contribution in [1.82, 2.24) is 4.31 Å². The van der Waals surface area contributed by atoms with Gasteiger partial charge in [-0.25, -0.2) is 21.1 Å². The lowest BCUT2D eigenvalue weighted by molar-refractivity contribution is 0.477. The topological polar surface area (TPSA) is 78.0 Å². The van der Waals surface area contributed by atoms with Gasteiger partial charge in [0.2, 0.25) is 10.0 Å². The zero-order valence-corrected chi connectivity index (χ0v) is 23.0. The molecule has 0 aliphatic carbocycles. The van der Waals surface area contributed by atoms with E-state index >= 15 is 0 Å². The average molecular weight is 599 g/mol. The van der Waals surface area contributed by atoms with Crippen LogP contribution in [0.4, 0.5) is 17.1 Å². The van der Waals surface area contributed by atoms with Crippen molar-refractivity contribution in [3.05, 3.63) is 89.4 Å². The minimum atomic E-state index is -3.85. The highest BCUT2D eigenvalue weighted by atomic mass is 79.9. The summed E-state index contributed by atoms with van der Waals surface area (Å²) in [5, 5.41) is 1.92. The molecule has 0 N–H and O–H groups in total. The van der Waals surface area contributed by atoms with E-state index in [2.05, 4.69) is 15.9 Å². The van der Waals surface area contributed by atoms with Crippen LogP contribution in [0, 0.1) is 0 Å². The van der Waals surface area contributed by atoms with Gasteiger partial charge in [0.05, 0.1) is 21.2 Å². The largest absolute Gasteiger partial charge is 0.320 e. The summed E-state index contributed by atoms with van der Waals surface area (Å²) in [6.45, 7) is 1.15. The van der Waals surface area contributed by atoms with Crippen LogP contribution in [0.15, 0.2) is 99.2 Å². The fourth-order valence-electron chi connectivity index (χ4n) is 4.95. The summed E-state index contributed by atoms with van der Waals surface area (Å²) in [7, 11) is -7.39. The van der Waals surface area contributed by atoms with Crippen LogP contribution in [0.1, 0.15) is 12.8 Å². The second-order valence-electron chi connectivity index (χ2n) is 9.17. The first-order valence-electron chi connectivity index (χ1n) is 11.9. The maximum atomic E-state index is 13.8. The van der Waals surface area contributed by atoms with E-state index in [9.17, 15) is 16.8 Å². The molecule has 4 aromatic rings. The second kappa shape index (κ2) is 9.13. The molecule has 0 saturated carbocycles. The van der Waals surface area contributed by atoms with Crippen LogP contribution in [0.5, 0.6) is 0 Å². The quantitative estimate of drug-likeness (QED) is 0.295. The lowest BCUT2D eigenvalue weighted by Crippen LogP contribution is -2.33. The van der Waals surface area contributed by atoms with E-state index in [0.29, 0.717) is 24.5 Å². The molecular weight excluding hydrogens is 574 g/mol. The third kappa shape index (κ3) is 4.21. The summed E-state index contributed by atoms with van der Waals surface area (Å²) >= 11 is 3.37. The molecule has 10 heteroatoms. The lowest BCUT2D eigenvalue weighted by atomic mass is 10.1. The monoisotopic (exact) mass is 597 g/mol. The third-order valence-corrected chi connectivity index (χ3v) is 11.1. The Bertz CT molecular complexity index is 1700. The van der Waals surface area contributed by atoms with E-state index in [-0.39, 0.29) is 16.5 Å². The SMILES string of the molecule is O=S(=O)(c1ccc(N2CN(S(=O)(=O)c3ccc(Br)cc3)c3cc4ccccc4cc32)cc1)N1CCCC1. The molecule has 1 saturated heterocycles. The molecular formula is C27H24BrN3O4S2. The van der Waals surface area contributed by atoms with Crippen molar-refractivity contribution in [2.75, 3.05) is 29.0 Å². The second-order valence-corrected chi connectivity index (χ2v) is 13.9. The maximum Gasteiger partial charge on any atom is 0.265 e. The van der Waals surface area contributed by atoms with E-state index in [4.69, 9.17) is 0 Å². The highest BCUT2D eigenvalue weighted by molar-refractivity contribution is 9.10. The summed E-state index contributed by atoms with van der Waals surface area (Å²) in [6, 6.07) is 25.0. The molecule has 1 fully saturated rings. The Labute approximate surface area is 225 Å². The molecule has 4 aromatic carbocycles. The molecule has 2 heterocycles. The molecule has 37 heavy (non-hydrogen) atoms. The molecule has 0 bridgehead atoms. The van der Waals surface area contributed by atoms with E-state index in [1.165, 1.54) is 8.61 Å². The van der Waals surface area contributed by atoms with Crippen molar-refractivity contribution < 1.29 is 16.8 Å². The number of hydrogen-bond donors (Lipinski definition) is 0. The summed E-state index contributed by atoms with van der Waals surface area (Å²) in [5.74, 6) is 0. The van der Waals surface area contributed by atoms with Crippen LogP contribution >= 0.6 is 15.9 Å². The predicted octanol–water partition coefficient (Wildman–Crippen LogP) is 5.69. The number of rotatable bonds is 5. The Kier molecular flexibility index (Phi) is 6.02. The number of anilines is 3. The van der Waals surface area contributed by atoms with Gasteiger partial charge in [0, 0.05) is 23.2 Å². The van der Waals surface area contributed by atoms with Crippen LogP contribution in [0.2, 0.25) is 0 Å². The first-order valence-corrected chi connectivity index (χ1v) is 15.6. The fraction of sp³-hybridized carbons (Fsp3) is 0.185. The van der Waals surface area contributed by atoms with E-state index in [1.54, 1.807) is 48.5 Å². The summed E-state index contributed by atoms with van der Waals surface area (Å²) in [5.41, 5.74) is 2.04. The summed E-state index contributed by atoms with van der Waals surface area (Å²) < 4.78 is 57.2. The Hall–Kier alpha value is -2.92. The van der Waals surface area contributed by atoms with Gasteiger partial charge in [-0.05, 0) is 84.3 Å². The minimum Gasteiger partial charge on any atom is -0.320 e. The molecule has 2 aliphatic heterocycles. The number of nitrogens with zero attached hydrogens (tertiary/aromatic N) is 3. The molecule has 0 atom stereocenters. The zero-order valence-electron chi connectivity index (χ0n) is 19.8. The Morgan fingerprint density at radius 1 is 0.649 bits per heavy atom. The van der Waals surface area contributed by atoms with Crippen LogP contribution in [-0.4, -0.2) is 40.9 Å². The van der Waals surface area contributed by atoms with E-state index < -0.39 is 20.0 Å². The molecule has 0 amide bonds. The van der Waals surface area contributed by atoms with Gasteiger partial charge in [0.15, 0.2) is 0 Å². The number of sulfonamides is 2. The summed E-state index contributed by atoms with van der Waals surface area (Å²) in [4.78, 5) is 2.35. The van der Waals surface area contributed by atoms with Crippen molar-refractivity contribution in [1.29, 1.82) is 0 Å². The minimum absolute atomic E-state index is 0.0717. The smallest absolute Gasteiger partial charge is 0.265 e. The Morgan fingerprint density at radius 2 is 1.19 bits per heavy atom. The van der Waals surface area contributed by atoms with Crippen LogP contribution in [0.25, 0.3) is 10.8 Å². The van der Waals surface area contributed by atoms with Crippen molar-refractivity contribution in [3.63, 3.8) is 0 Å². The first kappa shape index (κ1) is 24.4. The van der Waals surface area contributed by atoms with Crippen LogP contribution < -0.4 is 9.21 Å². The van der Waals surface area contributed by atoms with Gasteiger partial charge in [-0.1, -0.05) is 40.2 Å². The van der Waals surface area contributed by atoms with Gasteiger partial charge in [-0.3, -0.25) is 0 Å². The highest BCUT2D eigenvalue weighted by Crippen LogP contribution is 2.45. The van der Waals surface area contributed by atoms with Gasteiger partial charge in [0.25, 0.3) is 10.0 Å². The number of fused-ring (bicyclic) bond motifs is 2. The molecule has 6 rings (SSSR count). The van der Waals surface area contributed by atoms with E-state index in [0.717, 1.165) is 33.8 Å². The lowest BCUT2D eigenvalue weighted by Gasteiger charge is -2.22. The fourth-order valence-corrected chi connectivity index (χ4v) is 8.14. The van der Waals surface area contributed by atoms with Gasteiger partial charge in [-0.2, -0.15) is 4.31 Å². The molecule has 0 spiro atoms. The maximum absolute atomic E-state index is 13.8. The van der Waals surface area contributed by atoms with Crippen molar-refractivity contribution in [2.45, 2.75) is 22.6 Å². The predicted molar refractivity (Wildman–Crippen MR) is 149 cm³/mol. The van der Waals surface area contributed by atoms with Crippen molar-refractivity contribution >= 4 is 63.8 Å². The average Bonchev–Trinajstić information content (AvgIpc) is 3.57. The third-order valence-electron chi connectivity index (χ3n) is 6.93. The number of hydrogen-bond acceptors (Lipinski definition) is 5. The van der Waals surface area contributed by atoms with Gasteiger partial charge >= 0.3 is 0 Å². The molecule has 190 valence electrons. The van der Waals surface area contributed by atoms with Gasteiger partial charge in [-0.15, -0.1) is 0 Å². The standard InChI is InChI=1S/C27H24BrN3O4S2/c28-22-7-11-25(12-8-22)37(34,35)31-19-30(26-17-20-5-1-2-6-21(20)18-27(26)31)23-9-13-24(14-10-23)36(32,33)29-15-3-4-16-29/h1-2,5-14,17-18H,3-4,15-16,19H2. The molecule has 0 radical (unpaired) electrons. The zero-order chi connectivity index (χ0) is 25.8. The van der Waals surface area contributed by atoms with Crippen LogP contribution in [0.3, 0.4) is 0 Å².